The Kier molecular flexibility index (Phi) is 3.21. The van der Waals surface area contributed by atoms with Crippen LogP contribution in [0.5, 0.6) is 5.88 Å². The second-order valence-electron chi connectivity index (χ2n) is 6.23. The molecular weight excluding hydrogens is 318 g/mol. The van der Waals surface area contributed by atoms with E-state index in [0.29, 0.717) is 29.9 Å². The van der Waals surface area contributed by atoms with Crippen LogP contribution in [0.3, 0.4) is 0 Å². The summed E-state index contributed by atoms with van der Waals surface area (Å²) < 4.78 is 5.96. The lowest BCUT2D eigenvalue weighted by Crippen LogP contribution is -2.14. The van der Waals surface area contributed by atoms with Gasteiger partial charge in [-0.05, 0) is 18.9 Å². The number of aromatic nitrogens is 5. The van der Waals surface area contributed by atoms with Crippen molar-refractivity contribution in [3.63, 3.8) is 0 Å². The topological polar surface area (TPSA) is 99.7 Å². The third kappa shape index (κ3) is 2.44. The van der Waals surface area contributed by atoms with Crippen molar-refractivity contribution in [1.29, 1.82) is 0 Å². The molecule has 0 aliphatic heterocycles. The summed E-state index contributed by atoms with van der Waals surface area (Å²) in [5.41, 5.74) is 3.26. The fraction of sp³-hybridized carbons (Fsp3) is 0.222. The molecule has 0 amide bonds. The lowest BCUT2D eigenvalue weighted by molar-refractivity contribution is 0.155. The number of rotatable bonds is 3. The van der Waals surface area contributed by atoms with Crippen LogP contribution in [0.2, 0.25) is 0 Å². The summed E-state index contributed by atoms with van der Waals surface area (Å²) in [6, 6.07) is 8.06. The van der Waals surface area contributed by atoms with Crippen LogP contribution in [0.25, 0.3) is 33.5 Å². The number of aliphatic hydroxyl groups excluding tert-OH is 1. The van der Waals surface area contributed by atoms with Gasteiger partial charge in [-0.25, -0.2) is 9.97 Å². The Hall–Kier alpha value is -2.93. The zero-order valence-corrected chi connectivity index (χ0v) is 13.3. The van der Waals surface area contributed by atoms with E-state index in [0.717, 1.165) is 22.3 Å². The maximum absolute atomic E-state index is 9.63. The highest BCUT2D eigenvalue weighted by atomic mass is 16.5. The minimum Gasteiger partial charge on any atom is -0.473 e. The summed E-state index contributed by atoms with van der Waals surface area (Å²) in [6.07, 6.45) is 6.03. The summed E-state index contributed by atoms with van der Waals surface area (Å²) >= 11 is 0. The van der Waals surface area contributed by atoms with Crippen LogP contribution < -0.4 is 4.74 Å². The second kappa shape index (κ2) is 5.56. The van der Waals surface area contributed by atoms with Gasteiger partial charge < -0.3 is 19.8 Å². The number of aromatic amines is 2. The van der Waals surface area contributed by atoms with Crippen LogP contribution in [0, 0.1) is 6.42 Å². The number of hydrogen-bond donors (Lipinski definition) is 3. The van der Waals surface area contributed by atoms with Gasteiger partial charge in [0, 0.05) is 29.1 Å². The first-order chi connectivity index (χ1) is 12.3. The Balaban J connectivity index is 1.56. The molecule has 3 aromatic heterocycles. The fourth-order valence-corrected chi connectivity index (χ4v) is 3.32. The molecule has 3 heterocycles. The van der Waals surface area contributed by atoms with E-state index in [1.54, 1.807) is 0 Å². The first kappa shape index (κ1) is 14.4. The Bertz CT molecular complexity index is 1050. The molecule has 0 saturated heterocycles. The fourth-order valence-electron chi connectivity index (χ4n) is 3.32. The minimum absolute atomic E-state index is 0.0760. The number of imidazole rings is 1. The molecule has 1 saturated carbocycles. The average Bonchev–Trinajstić information content (AvgIpc) is 3.32. The molecule has 3 N–H and O–H groups in total. The molecule has 2 atom stereocenters. The van der Waals surface area contributed by atoms with Gasteiger partial charge in [-0.15, -0.1) is 0 Å². The number of fused-ring (bicyclic) bond motifs is 2. The normalized spacial score (nSPS) is 20.5. The van der Waals surface area contributed by atoms with Crippen LogP contribution >= 0.6 is 0 Å². The number of aliphatic hydroxyl groups is 1. The van der Waals surface area contributed by atoms with E-state index < -0.39 is 6.10 Å². The van der Waals surface area contributed by atoms with Crippen molar-refractivity contribution in [2.75, 3.05) is 0 Å². The average molecular weight is 334 g/mol. The highest BCUT2D eigenvalue weighted by Gasteiger charge is 2.26. The molecule has 4 aromatic rings. The molecular formula is C18H16N5O2. The third-order valence-electron chi connectivity index (χ3n) is 4.55. The number of nitrogens with zero attached hydrogens (tertiary/aromatic N) is 3. The van der Waals surface area contributed by atoms with Gasteiger partial charge in [-0.3, -0.25) is 0 Å². The number of nitrogens with one attached hydrogen (secondary N) is 2. The lowest BCUT2D eigenvalue weighted by atomic mass is 10.2. The Morgan fingerprint density at radius 1 is 1.20 bits per heavy atom. The molecule has 5 rings (SSSR count). The molecule has 7 nitrogen and oxygen atoms in total. The van der Waals surface area contributed by atoms with E-state index in [2.05, 4.69) is 24.9 Å². The first-order valence-corrected chi connectivity index (χ1v) is 8.23. The predicted octanol–water partition coefficient (Wildman–Crippen LogP) is 2.61. The molecule has 1 aromatic carbocycles. The number of ether oxygens (including phenoxy) is 1. The molecule has 0 unspecified atom stereocenters. The van der Waals surface area contributed by atoms with Crippen molar-refractivity contribution >= 4 is 22.1 Å². The largest absolute Gasteiger partial charge is 0.473 e. The summed E-state index contributed by atoms with van der Waals surface area (Å²) in [5.74, 6) is 1.19. The van der Waals surface area contributed by atoms with Crippen molar-refractivity contribution in [2.24, 2.45) is 0 Å². The quantitative estimate of drug-likeness (QED) is 0.535. The number of hydrogen-bond acceptors (Lipinski definition) is 5. The maximum atomic E-state index is 9.63. The molecule has 7 heteroatoms. The monoisotopic (exact) mass is 334 g/mol. The van der Waals surface area contributed by atoms with Crippen LogP contribution in [0.1, 0.15) is 12.8 Å². The van der Waals surface area contributed by atoms with Crippen molar-refractivity contribution in [2.45, 2.75) is 25.0 Å². The smallest absolute Gasteiger partial charge is 0.243 e. The van der Waals surface area contributed by atoms with E-state index in [4.69, 9.17) is 4.74 Å². The van der Waals surface area contributed by atoms with E-state index in [1.807, 2.05) is 36.9 Å². The maximum Gasteiger partial charge on any atom is 0.243 e. The Labute approximate surface area is 143 Å². The molecule has 1 aliphatic rings. The van der Waals surface area contributed by atoms with Crippen LogP contribution in [-0.4, -0.2) is 42.2 Å². The minimum atomic E-state index is -0.411. The molecule has 0 bridgehead atoms. The van der Waals surface area contributed by atoms with Gasteiger partial charge in [-0.1, -0.05) is 18.2 Å². The molecule has 0 spiro atoms. The number of para-hydroxylation sites is 1. The summed E-state index contributed by atoms with van der Waals surface area (Å²) in [7, 11) is 0. The van der Waals surface area contributed by atoms with E-state index in [-0.39, 0.29) is 6.10 Å². The number of H-pyrrole nitrogens is 2. The molecule has 1 aliphatic carbocycles. The standard InChI is InChI=1S/C18H16N5O2/c24-10-5-6-11(7-10)25-18-15-17(20-9-21-18)23-16(22-15)13-8-19-14-4-2-1-3-12(13)14/h1-5,8-11,19,24H,6-7H2,(H,20,21,22,23)/t10-,11+/m0/s1. The molecule has 25 heavy (non-hydrogen) atoms. The zero-order chi connectivity index (χ0) is 16.8. The molecule has 1 radical (unpaired) electrons. The SMILES string of the molecule is O[C@H]1[CH]C[C@@H](Oc2ncnc3nc(-c4c[nH]c5ccccc45)[nH]c23)C1. The lowest BCUT2D eigenvalue weighted by Gasteiger charge is -2.11. The van der Waals surface area contributed by atoms with Gasteiger partial charge in [0.15, 0.2) is 5.65 Å². The van der Waals surface area contributed by atoms with Crippen LogP contribution in [-0.2, 0) is 0 Å². The van der Waals surface area contributed by atoms with Crippen LogP contribution in [0.4, 0.5) is 0 Å². The van der Waals surface area contributed by atoms with Gasteiger partial charge in [0.25, 0.3) is 0 Å². The zero-order valence-electron chi connectivity index (χ0n) is 13.3. The van der Waals surface area contributed by atoms with E-state index >= 15 is 0 Å². The van der Waals surface area contributed by atoms with Gasteiger partial charge >= 0.3 is 0 Å². The predicted molar refractivity (Wildman–Crippen MR) is 92.9 cm³/mol. The first-order valence-electron chi connectivity index (χ1n) is 8.23. The summed E-state index contributed by atoms with van der Waals surface area (Å²) in [6.45, 7) is 0. The highest BCUT2D eigenvalue weighted by molar-refractivity contribution is 5.95. The molecule has 1 fully saturated rings. The Morgan fingerprint density at radius 2 is 2.12 bits per heavy atom. The van der Waals surface area contributed by atoms with Crippen molar-refractivity contribution in [3.8, 4) is 17.3 Å². The van der Waals surface area contributed by atoms with E-state index in [9.17, 15) is 5.11 Å². The van der Waals surface area contributed by atoms with Gasteiger partial charge in [0.05, 0.1) is 6.10 Å². The van der Waals surface area contributed by atoms with Crippen molar-refractivity contribution < 1.29 is 9.84 Å². The highest BCUT2D eigenvalue weighted by Crippen LogP contribution is 2.31. The summed E-state index contributed by atoms with van der Waals surface area (Å²) in [4.78, 5) is 19.6. The number of benzene rings is 1. The van der Waals surface area contributed by atoms with Gasteiger partial charge in [0.1, 0.15) is 23.8 Å². The van der Waals surface area contributed by atoms with Gasteiger partial charge in [-0.2, -0.15) is 4.98 Å². The second-order valence-corrected chi connectivity index (χ2v) is 6.23. The van der Waals surface area contributed by atoms with E-state index in [1.165, 1.54) is 6.33 Å². The van der Waals surface area contributed by atoms with Gasteiger partial charge in [0.2, 0.25) is 5.88 Å². The van der Waals surface area contributed by atoms with Crippen molar-refractivity contribution in [3.05, 3.63) is 43.2 Å². The van der Waals surface area contributed by atoms with Crippen molar-refractivity contribution in [1.82, 2.24) is 24.9 Å². The summed E-state index contributed by atoms with van der Waals surface area (Å²) in [5, 5.41) is 10.7. The Morgan fingerprint density at radius 3 is 3.00 bits per heavy atom. The molecule has 125 valence electrons. The van der Waals surface area contributed by atoms with Crippen LogP contribution in [0.15, 0.2) is 36.8 Å². The third-order valence-corrected chi connectivity index (χ3v) is 4.55.